The van der Waals surface area contributed by atoms with Gasteiger partial charge in [-0.2, -0.15) is 0 Å². The van der Waals surface area contributed by atoms with Crippen LogP contribution in [0.25, 0.3) is 0 Å². The minimum atomic E-state index is -0.215. The molecule has 1 aliphatic rings. The second kappa shape index (κ2) is 9.90. The van der Waals surface area contributed by atoms with Crippen molar-refractivity contribution in [2.24, 2.45) is 0 Å². The number of hydrogen-bond acceptors (Lipinski definition) is 3. The Morgan fingerprint density at radius 1 is 1.07 bits per heavy atom. The van der Waals surface area contributed by atoms with Gasteiger partial charge in [-0.05, 0) is 50.1 Å². The quantitative estimate of drug-likeness (QED) is 0.723. The van der Waals surface area contributed by atoms with Gasteiger partial charge in [0.15, 0.2) is 0 Å². The lowest BCUT2D eigenvalue weighted by molar-refractivity contribution is -0.131. The fourth-order valence-electron chi connectivity index (χ4n) is 3.18. The zero-order valence-electron chi connectivity index (χ0n) is 16.3. The van der Waals surface area contributed by atoms with Crippen molar-refractivity contribution in [1.82, 2.24) is 9.80 Å². The van der Waals surface area contributed by atoms with Crippen molar-refractivity contribution in [3.05, 3.63) is 42.5 Å². The number of carbonyl (C=O) groups is 3. The summed E-state index contributed by atoms with van der Waals surface area (Å²) < 4.78 is 0. The summed E-state index contributed by atoms with van der Waals surface area (Å²) in [5.41, 5.74) is 1.18. The van der Waals surface area contributed by atoms with Crippen LogP contribution in [0.5, 0.6) is 0 Å². The van der Waals surface area contributed by atoms with Gasteiger partial charge >= 0.3 is 0 Å². The molecule has 1 fully saturated rings. The Hall–Kier alpha value is -2.63. The van der Waals surface area contributed by atoms with E-state index in [2.05, 4.69) is 6.58 Å². The molecule has 0 unspecified atom stereocenters. The van der Waals surface area contributed by atoms with Crippen LogP contribution in [0.1, 0.15) is 43.0 Å². The first-order valence-electron chi connectivity index (χ1n) is 9.55. The van der Waals surface area contributed by atoms with E-state index in [1.54, 1.807) is 36.2 Å². The normalized spacial score (nSPS) is 14.2. The number of benzene rings is 1. The molecule has 0 radical (unpaired) electrons. The van der Waals surface area contributed by atoms with Crippen molar-refractivity contribution >= 4 is 23.4 Å². The number of rotatable bonds is 6. The minimum absolute atomic E-state index is 0.0139. The molecular formula is C21H29N3O3. The fourth-order valence-corrected chi connectivity index (χ4v) is 3.18. The van der Waals surface area contributed by atoms with Gasteiger partial charge in [0.1, 0.15) is 6.54 Å². The van der Waals surface area contributed by atoms with Crippen molar-refractivity contribution in [2.75, 3.05) is 38.1 Å². The maximum atomic E-state index is 12.8. The van der Waals surface area contributed by atoms with Gasteiger partial charge in [-0.1, -0.05) is 19.4 Å². The summed E-state index contributed by atoms with van der Waals surface area (Å²) in [4.78, 5) is 42.0. The smallest absolute Gasteiger partial charge is 0.254 e. The summed E-state index contributed by atoms with van der Waals surface area (Å²) in [7, 11) is 1.65. The number of carbonyl (C=O) groups excluding carboxylic acids is 3. The van der Waals surface area contributed by atoms with Gasteiger partial charge in [-0.3, -0.25) is 14.4 Å². The second-order valence-electron chi connectivity index (χ2n) is 6.76. The summed E-state index contributed by atoms with van der Waals surface area (Å²) in [6.07, 6.45) is 5.63. The van der Waals surface area contributed by atoms with Gasteiger partial charge in [-0.25, -0.2) is 0 Å². The van der Waals surface area contributed by atoms with Crippen LogP contribution < -0.4 is 4.90 Å². The molecule has 3 amide bonds. The summed E-state index contributed by atoms with van der Waals surface area (Å²) >= 11 is 0. The fraction of sp³-hybridized carbons (Fsp3) is 0.476. The molecule has 0 aromatic heterocycles. The highest BCUT2D eigenvalue weighted by Gasteiger charge is 2.22. The van der Waals surface area contributed by atoms with E-state index in [9.17, 15) is 14.4 Å². The van der Waals surface area contributed by atoms with Crippen LogP contribution in [-0.2, 0) is 9.59 Å². The standard InChI is InChI=1S/C21H29N3O3/c1-4-19(25)22(3)18-12-10-17(11-13-18)21(27)23(5-2)16-20(26)24-14-8-6-7-9-15-24/h4,10-13H,1,5-9,14-16H2,2-3H3. The van der Waals surface area contributed by atoms with Crippen LogP contribution >= 0.6 is 0 Å². The zero-order valence-corrected chi connectivity index (χ0v) is 16.3. The molecule has 1 aromatic carbocycles. The van der Waals surface area contributed by atoms with Gasteiger partial charge in [-0.15, -0.1) is 0 Å². The van der Waals surface area contributed by atoms with Crippen LogP contribution in [0, 0.1) is 0 Å². The van der Waals surface area contributed by atoms with E-state index in [4.69, 9.17) is 0 Å². The molecule has 1 heterocycles. The van der Waals surface area contributed by atoms with Gasteiger partial charge in [0.2, 0.25) is 11.8 Å². The second-order valence-corrected chi connectivity index (χ2v) is 6.76. The van der Waals surface area contributed by atoms with Crippen LogP contribution in [-0.4, -0.2) is 60.7 Å². The van der Waals surface area contributed by atoms with E-state index in [1.807, 2.05) is 11.8 Å². The van der Waals surface area contributed by atoms with Crippen molar-refractivity contribution < 1.29 is 14.4 Å². The largest absolute Gasteiger partial charge is 0.341 e. The first-order valence-corrected chi connectivity index (χ1v) is 9.55. The zero-order chi connectivity index (χ0) is 19.8. The molecule has 27 heavy (non-hydrogen) atoms. The SMILES string of the molecule is C=CC(=O)N(C)c1ccc(C(=O)N(CC)CC(=O)N2CCCCCC2)cc1. The lowest BCUT2D eigenvalue weighted by atomic mass is 10.1. The Bertz CT molecular complexity index is 676. The molecule has 146 valence electrons. The summed E-state index contributed by atoms with van der Waals surface area (Å²) in [5.74, 6) is -0.378. The molecule has 0 bridgehead atoms. The molecule has 1 aliphatic heterocycles. The van der Waals surface area contributed by atoms with Crippen LogP contribution in [0.2, 0.25) is 0 Å². The predicted molar refractivity (Wildman–Crippen MR) is 107 cm³/mol. The molecular weight excluding hydrogens is 342 g/mol. The Morgan fingerprint density at radius 3 is 2.19 bits per heavy atom. The average molecular weight is 371 g/mol. The molecule has 0 atom stereocenters. The van der Waals surface area contributed by atoms with E-state index in [-0.39, 0.29) is 24.3 Å². The summed E-state index contributed by atoms with van der Waals surface area (Å²) in [5, 5.41) is 0. The third-order valence-corrected chi connectivity index (χ3v) is 4.96. The van der Waals surface area contributed by atoms with Gasteiger partial charge in [0.25, 0.3) is 5.91 Å². The van der Waals surface area contributed by atoms with Crippen molar-refractivity contribution in [2.45, 2.75) is 32.6 Å². The summed E-state index contributed by atoms with van der Waals surface area (Å²) in [6.45, 7) is 7.48. The molecule has 1 aromatic rings. The molecule has 1 saturated heterocycles. The van der Waals surface area contributed by atoms with E-state index in [0.29, 0.717) is 17.8 Å². The Labute approximate surface area is 161 Å². The molecule has 0 aliphatic carbocycles. The maximum Gasteiger partial charge on any atom is 0.254 e. The van der Waals surface area contributed by atoms with Crippen molar-refractivity contribution in [1.29, 1.82) is 0 Å². The Morgan fingerprint density at radius 2 is 1.67 bits per heavy atom. The Kier molecular flexibility index (Phi) is 7.58. The lowest BCUT2D eigenvalue weighted by Gasteiger charge is -2.26. The molecule has 6 heteroatoms. The number of nitrogens with zero attached hydrogens (tertiary/aromatic N) is 3. The average Bonchev–Trinajstić information content (AvgIpc) is 3.00. The monoisotopic (exact) mass is 371 g/mol. The number of likely N-dealkylation sites (tertiary alicyclic amines) is 1. The summed E-state index contributed by atoms with van der Waals surface area (Å²) in [6, 6.07) is 6.81. The third-order valence-electron chi connectivity index (χ3n) is 4.96. The van der Waals surface area contributed by atoms with E-state index >= 15 is 0 Å². The van der Waals surface area contributed by atoms with Crippen LogP contribution in [0.4, 0.5) is 5.69 Å². The first kappa shape index (κ1) is 20.7. The lowest BCUT2D eigenvalue weighted by Crippen LogP contribution is -2.43. The number of anilines is 1. The molecule has 0 spiro atoms. The minimum Gasteiger partial charge on any atom is -0.341 e. The van der Waals surface area contributed by atoms with E-state index < -0.39 is 0 Å². The number of amides is 3. The highest BCUT2D eigenvalue weighted by molar-refractivity contribution is 6.01. The highest BCUT2D eigenvalue weighted by Crippen LogP contribution is 2.16. The molecule has 6 nitrogen and oxygen atoms in total. The number of likely N-dealkylation sites (N-methyl/N-ethyl adjacent to an activating group) is 2. The molecule has 2 rings (SSSR count). The first-order chi connectivity index (χ1) is 13.0. The van der Waals surface area contributed by atoms with Gasteiger partial charge in [0, 0.05) is 37.9 Å². The van der Waals surface area contributed by atoms with E-state index in [1.165, 1.54) is 11.0 Å². The topological polar surface area (TPSA) is 60.9 Å². The van der Waals surface area contributed by atoms with Gasteiger partial charge in [0.05, 0.1) is 0 Å². The Balaban J connectivity index is 2.03. The third kappa shape index (κ3) is 5.42. The van der Waals surface area contributed by atoms with Crippen molar-refractivity contribution in [3.63, 3.8) is 0 Å². The maximum absolute atomic E-state index is 12.8. The van der Waals surface area contributed by atoms with Gasteiger partial charge < -0.3 is 14.7 Å². The van der Waals surface area contributed by atoms with Crippen molar-refractivity contribution in [3.8, 4) is 0 Å². The predicted octanol–water partition coefficient (Wildman–Crippen LogP) is 2.70. The molecule has 0 N–H and O–H groups in total. The highest BCUT2D eigenvalue weighted by atomic mass is 16.2. The van der Waals surface area contributed by atoms with E-state index in [0.717, 1.165) is 38.8 Å². The molecule has 0 saturated carbocycles. The van der Waals surface area contributed by atoms with Crippen LogP contribution in [0.15, 0.2) is 36.9 Å². The van der Waals surface area contributed by atoms with Crippen LogP contribution in [0.3, 0.4) is 0 Å². The number of hydrogen-bond donors (Lipinski definition) is 0.